The van der Waals surface area contributed by atoms with Gasteiger partial charge in [0, 0.05) is 6.54 Å². The zero-order valence-electron chi connectivity index (χ0n) is 12.4. The van der Waals surface area contributed by atoms with Crippen LogP contribution in [0.25, 0.3) is 0 Å². The number of aliphatic hydroxyl groups excluding tert-OH is 5. The average Bonchev–Trinajstić information content (AvgIpc) is 2.57. The van der Waals surface area contributed by atoms with Crippen molar-refractivity contribution >= 4 is 23.0 Å². The first-order valence-corrected chi connectivity index (χ1v) is 7.48. The van der Waals surface area contributed by atoms with Gasteiger partial charge >= 0.3 is 0 Å². The van der Waals surface area contributed by atoms with Gasteiger partial charge < -0.3 is 30.8 Å². The Bertz CT molecular complexity index is 597. The third-order valence-corrected chi connectivity index (χ3v) is 3.84. The molecule has 0 spiro atoms. The molecule has 1 aliphatic rings. The lowest BCUT2D eigenvalue weighted by Crippen LogP contribution is -2.62. The van der Waals surface area contributed by atoms with Crippen molar-refractivity contribution in [2.24, 2.45) is 5.10 Å². The summed E-state index contributed by atoms with van der Waals surface area (Å²) in [5.41, 5.74) is 2.77. The standard InChI is InChI=1S/C14H18FN3O5S/c15-7-3-1-6(2-4-7)5-16-14(24)18-17-8-9(19)11(21)13(23)12(22)10(8)20/h1-4,9-13,19-23H,5H2,(H2,16,18,24)/t9-,10+,11-,12-,13?/m1/s1. The fraction of sp³-hybridized carbons (Fsp3) is 0.429. The van der Waals surface area contributed by atoms with Crippen LogP contribution in [0.3, 0.4) is 0 Å². The minimum atomic E-state index is -1.70. The van der Waals surface area contributed by atoms with Gasteiger partial charge in [0.25, 0.3) is 0 Å². The Kier molecular flexibility index (Phi) is 6.15. The van der Waals surface area contributed by atoms with Crippen LogP contribution in [-0.2, 0) is 6.54 Å². The first kappa shape index (κ1) is 18.6. The number of rotatable bonds is 3. The molecule has 7 N–H and O–H groups in total. The second-order valence-corrected chi connectivity index (χ2v) is 5.73. The fourth-order valence-electron chi connectivity index (χ4n) is 2.17. The van der Waals surface area contributed by atoms with Crippen molar-refractivity contribution in [2.75, 3.05) is 0 Å². The summed E-state index contributed by atoms with van der Waals surface area (Å²) >= 11 is 4.97. The van der Waals surface area contributed by atoms with E-state index in [0.717, 1.165) is 5.56 Å². The molecular formula is C14H18FN3O5S. The van der Waals surface area contributed by atoms with Crippen molar-refractivity contribution in [3.63, 3.8) is 0 Å². The first-order chi connectivity index (χ1) is 11.3. The van der Waals surface area contributed by atoms with Gasteiger partial charge in [0.1, 0.15) is 42.0 Å². The Morgan fingerprint density at radius 2 is 1.54 bits per heavy atom. The number of hydrogen-bond donors (Lipinski definition) is 7. The molecule has 1 aromatic carbocycles. The average molecular weight is 359 g/mol. The zero-order valence-corrected chi connectivity index (χ0v) is 13.2. The Morgan fingerprint density at radius 3 is 2.08 bits per heavy atom. The highest BCUT2D eigenvalue weighted by molar-refractivity contribution is 7.80. The van der Waals surface area contributed by atoms with E-state index in [9.17, 15) is 29.9 Å². The van der Waals surface area contributed by atoms with E-state index in [-0.39, 0.29) is 23.2 Å². The second kappa shape index (κ2) is 7.92. The minimum absolute atomic E-state index is 0.0429. The van der Waals surface area contributed by atoms with E-state index >= 15 is 0 Å². The molecule has 0 saturated heterocycles. The second-order valence-electron chi connectivity index (χ2n) is 5.32. The molecule has 24 heavy (non-hydrogen) atoms. The van der Waals surface area contributed by atoms with E-state index in [2.05, 4.69) is 15.8 Å². The molecule has 132 valence electrons. The molecular weight excluding hydrogens is 341 g/mol. The van der Waals surface area contributed by atoms with Crippen LogP contribution < -0.4 is 10.7 Å². The monoisotopic (exact) mass is 359 g/mol. The Balaban J connectivity index is 1.93. The van der Waals surface area contributed by atoms with Crippen LogP contribution in [-0.4, -0.2) is 66.9 Å². The highest BCUT2D eigenvalue weighted by Crippen LogP contribution is 2.18. The number of aliphatic hydroxyl groups is 5. The van der Waals surface area contributed by atoms with E-state index in [1.807, 2.05) is 0 Å². The summed E-state index contributed by atoms with van der Waals surface area (Å²) in [4.78, 5) is 0. The number of hydrogen-bond acceptors (Lipinski definition) is 7. The number of halogens is 1. The molecule has 1 fully saturated rings. The molecule has 0 radical (unpaired) electrons. The van der Waals surface area contributed by atoms with Crippen LogP contribution >= 0.6 is 12.2 Å². The van der Waals surface area contributed by atoms with Crippen molar-refractivity contribution in [2.45, 2.75) is 37.1 Å². The van der Waals surface area contributed by atoms with E-state index in [0.29, 0.717) is 0 Å². The third-order valence-electron chi connectivity index (χ3n) is 3.61. The smallest absolute Gasteiger partial charge is 0.187 e. The molecule has 1 aromatic rings. The van der Waals surface area contributed by atoms with Crippen LogP contribution in [0.5, 0.6) is 0 Å². The van der Waals surface area contributed by atoms with Gasteiger partial charge in [0.15, 0.2) is 5.11 Å². The predicted molar refractivity (Wildman–Crippen MR) is 86.4 cm³/mol. The van der Waals surface area contributed by atoms with Crippen molar-refractivity contribution in [1.82, 2.24) is 10.7 Å². The topological polar surface area (TPSA) is 138 Å². The molecule has 0 aromatic heterocycles. The van der Waals surface area contributed by atoms with Crippen molar-refractivity contribution in [1.29, 1.82) is 0 Å². The summed E-state index contributed by atoms with van der Waals surface area (Å²) in [7, 11) is 0. The molecule has 0 bridgehead atoms. The van der Waals surface area contributed by atoms with Gasteiger partial charge in [-0.1, -0.05) is 12.1 Å². The molecule has 10 heteroatoms. The molecule has 1 saturated carbocycles. The highest BCUT2D eigenvalue weighted by atomic mass is 32.1. The SMILES string of the molecule is OC1[C@H](O)[C@H](O)C(=NNC(=S)NCc2ccc(F)cc2)[C@H](O)[C@H]1O. The molecule has 2 rings (SSSR count). The molecule has 0 heterocycles. The Labute approximate surface area is 142 Å². The Hall–Kier alpha value is -1.69. The summed E-state index contributed by atoms with van der Waals surface area (Å²) in [6.07, 6.45) is -8.40. The number of nitrogens with one attached hydrogen (secondary N) is 2. The lowest BCUT2D eigenvalue weighted by atomic mass is 9.86. The maximum Gasteiger partial charge on any atom is 0.187 e. The summed E-state index contributed by atoms with van der Waals surface area (Å²) in [5, 5.41) is 54.7. The zero-order chi connectivity index (χ0) is 17.9. The summed E-state index contributed by atoms with van der Waals surface area (Å²) in [5.74, 6) is -0.356. The minimum Gasteiger partial charge on any atom is -0.387 e. The molecule has 0 aliphatic heterocycles. The largest absolute Gasteiger partial charge is 0.387 e. The van der Waals surface area contributed by atoms with Crippen LogP contribution in [0.15, 0.2) is 29.4 Å². The number of thiocarbonyl (C=S) groups is 1. The van der Waals surface area contributed by atoms with Gasteiger partial charge in [0.2, 0.25) is 0 Å². The molecule has 8 nitrogen and oxygen atoms in total. The number of nitrogens with zero attached hydrogens (tertiary/aromatic N) is 1. The Morgan fingerprint density at radius 1 is 1.00 bits per heavy atom. The fourth-order valence-corrected chi connectivity index (χ4v) is 2.29. The summed E-state index contributed by atoms with van der Waals surface area (Å²) in [6, 6.07) is 5.74. The van der Waals surface area contributed by atoms with Crippen molar-refractivity contribution in [3.8, 4) is 0 Å². The quantitative estimate of drug-likeness (QED) is 0.242. The number of benzene rings is 1. The first-order valence-electron chi connectivity index (χ1n) is 7.07. The van der Waals surface area contributed by atoms with E-state index in [1.165, 1.54) is 12.1 Å². The summed E-state index contributed by atoms with van der Waals surface area (Å²) < 4.78 is 12.8. The maximum absolute atomic E-state index is 12.8. The molecule has 1 unspecified atom stereocenters. The third kappa shape index (κ3) is 4.23. The normalized spacial score (nSPS) is 31.8. The van der Waals surface area contributed by atoms with Gasteiger partial charge in [-0.15, -0.1) is 0 Å². The maximum atomic E-state index is 12.8. The van der Waals surface area contributed by atoms with Gasteiger partial charge in [-0.05, 0) is 29.9 Å². The van der Waals surface area contributed by atoms with Gasteiger partial charge in [-0.2, -0.15) is 5.10 Å². The van der Waals surface area contributed by atoms with Crippen LogP contribution in [0.1, 0.15) is 5.56 Å². The van der Waals surface area contributed by atoms with Gasteiger partial charge in [0.05, 0.1) is 0 Å². The summed E-state index contributed by atoms with van der Waals surface area (Å²) in [6.45, 7) is 0.284. The molecule has 1 aliphatic carbocycles. The molecule has 0 amide bonds. The van der Waals surface area contributed by atoms with Crippen LogP contribution in [0, 0.1) is 5.82 Å². The number of hydrazone groups is 1. The van der Waals surface area contributed by atoms with E-state index in [1.54, 1.807) is 12.1 Å². The lowest BCUT2D eigenvalue weighted by molar-refractivity contribution is -0.130. The van der Waals surface area contributed by atoms with Crippen LogP contribution in [0.2, 0.25) is 0 Å². The van der Waals surface area contributed by atoms with Crippen molar-refractivity contribution < 1.29 is 29.9 Å². The predicted octanol–water partition coefficient (Wildman–Crippen LogP) is -2.04. The van der Waals surface area contributed by atoms with E-state index in [4.69, 9.17) is 12.2 Å². The highest BCUT2D eigenvalue weighted by Gasteiger charge is 2.46. The lowest BCUT2D eigenvalue weighted by Gasteiger charge is -2.36. The van der Waals surface area contributed by atoms with Gasteiger partial charge in [-0.25, -0.2) is 4.39 Å². The van der Waals surface area contributed by atoms with Crippen LogP contribution in [0.4, 0.5) is 4.39 Å². The van der Waals surface area contributed by atoms with E-state index < -0.39 is 30.5 Å². The van der Waals surface area contributed by atoms with Gasteiger partial charge in [-0.3, -0.25) is 5.43 Å². The van der Waals surface area contributed by atoms with Crippen molar-refractivity contribution in [3.05, 3.63) is 35.6 Å². The molecule has 5 atom stereocenters.